The topological polar surface area (TPSA) is 76.2 Å². The van der Waals surface area contributed by atoms with Gasteiger partial charge in [-0.2, -0.15) is 0 Å². The molecule has 2 heterocycles. The van der Waals surface area contributed by atoms with Crippen molar-refractivity contribution < 1.29 is 14.4 Å². The molecule has 2 fully saturated rings. The standard InChI is InChI=1S/C17H22N4O3.C8H11N.C4H10/c1-18-11-17(24)20-12-16(23)19(10-15(20)21(18)13-22)9-5-8-14-6-3-2-4-7-14;1-9-7-8-5-3-2-4-6-8;1-4(2)3/h2-4,6-7,13,15H,5,8-12H2,1H3;2-6,9H,7H2,1H3;4H,1-3H3. The van der Waals surface area contributed by atoms with Crippen LogP contribution in [0, 0.1) is 5.92 Å². The van der Waals surface area contributed by atoms with Gasteiger partial charge in [-0.3, -0.25) is 19.4 Å². The summed E-state index contributed by atoms with van der Waals surface area (Å²) in [5, 5.41) is 6.19. The predicted octanol–water partition coefficient (Wildman–Crippen LogP) is 3.00. The van der Waals surface area contributed by atoms with Crippen LogP contribution < -0.4 is 5.32 Å². The van der Waals surface area contributed by atoms with Gasteiger partial charge in [0, 0.05) is 20.1 Å². The second kappa shape index (κ2) is 15.8. The van der Waals surface area contributed by atoms with Crippen LogP contribution in [0.25, 0.3) is 0 Å². The number of benzene rings is 2. The van der Waals surface area contributed by atoms with Crippen molar-refractivity contribution in [2.45, 2.75) is 46.3 Å². The number of hydrogen-bond donors (Lipinski definition) is 1. The molecule has 2 aromatic carbocycles. The van der Waals surface area contributed by atoms with Crippen molar-refractivity contribution >= 4 is 18.2 Å². The lowest BCUT2D eigenvalue weighted by Gasteiger charge is -2.50. The van der Waals surface area contributed by atoms with Crippen LogP contribution >= 0.6 is 0 Å². The Morgan fingerprint density at radius 2 is 1.49 bits per heavy atom. The molecule has 2 saturated heterocycles. The van der Waals surface area contributed by atoms with Gasteiger partial charge in [0.05, 0.1) is 13.1 Å². The molecule has 0 aromatic heterocycles. The van der Waals surface area contributed by atoms with Gasteiger partial charge in [-0.05, 0) is 36.9 Å². The highest BCUT2D eigenvalue weighted by Crippen LogP contribution is 2.20. The summed E-state index contributed by atoms with van der Waals surface area (Å²) < 4.78 is 0. The minimum atomic E-state index is -0.400. The van der Waals surface area contributed by atoms with Crippen LogP contribution in [0.2, 0.25) is 0 Å². The Labute approximate surface area is 222 Å². The van der Waals surface area contributed by atoms with Crippen LogP contribution in [0.5, 0.6) is 0 Å². The zero-order chi connectivity index (χ0) is 27.2. The number of carbonyl (C=O) groups excluding carboxylic acids is 3. The van der Waals surface area contributed by atoms with E-state index in [4.69, 9.17) is 0 Å². The van der Waals surface area contributed by atoms with Crippen molar-refractivity contribution in [3.8, 4) is 0 Å². The zero-order valence-electron chi connectivity index (χ0n) is 23.0. The van der Waals surface area contributed by atoms with E-state index in [2.05, 4.69) is 50.4 Å². The van der Waals surface area contributed by atoms with Crippen molar-refractivity contribution in [2.24, 2.45) is 5.92 Å². The maximum atomic E-state index is 12.3. The Hall–Kier alpha value is -3.23. The van der Waals surface area contributed by atoms with Gasteiger partial charge in [0.2, 0.25) is 18.2 Å². The van der Waals surface area contributed by atoms with Crippen LogP contribution in [0.3, 0.4) is 0 Å². The summed E-state index contributed by atoms with van der Waals surface area (Å²) in [4.78, 5) is 39.1. The number of carbonyl (C=O) groups is 3. The lowest BCUT2D eigenvalue weighted by atomic mass is 10.1. The summed E-state index contributed by atoms with van der Waals surface area (Å²) in [6, 6.07) is 20.5. The number of nitrogens with one attached hydrogen (secondary N) is 1. The molecule has 8 heteroatoms. The molecule has 1 N–H and O–H groups in total. The Balaban J connectivity index is 0.000000306. The van der Waals surface area contributed by atoms with Crippen molar-refractivity contribution in [1.29, 1.82) is 0 Å². The highest BCUT2D eigenvalue weighted by molar-refractivity contribution is 5.88. The fourth-order valence-corrected chi connectivity index (χ4v) is 4.11. The normalized spacial score (nSPS) is 17.5. The molecule has 1 unspecified atom stereocenters. The molecule has 0 aliphatic carbocycles. The summed E-state index contributed by atoms with van der Waals surface area (Å²) in [7, 11) is 3.66. The lowest BCUT2D eigenvalue weighted by molar-refractivity contribution is -0.188. The first-order chi connectivity index (χ1) is 17.8. The molecule has 4 rings (SSSR count). The molecule has 0 radical (unpaired) electrons. The summed E-state index contributed by atoms with van der Waals surface area (Å²) in [5.74, 6) is 0.668. The van der Waals surface area contributed by atoms with Crippen molar-refractivity contribution in [1.82, 2.24) is 25.1 Å². The van der Waals surface area contributed by atoms with Gasteiger partial charge >= 0.3 is 0 Å². The molecule has 2 aliphatic rings. The van der Waals surface area contributed by atoms with E-state index in [0.717, 1.165) is 31.7 Å². The largest absolute Gasteiger partial charge is 0.337 e. The third kappa shape index (κ3) is 9.98. The Morgan fingerprint density at radius 3 is 2.03 bits per heavy atom. The molecule has 0 bridgehead atoms. The quantitative estimate of drug-likeness (QED) is 0.581. The molecular weight excluding hydrogens is 466 g/mol. The van der Waals surface area contributed by atoms with E-state index in [9.17, 15) is 14.4 Å². The van der Waals surface area contributed by atoms with E-state index in [1.165, 1.54) is 21.0 Å². The van der Waals surface area contributed by atoms with Gasteiger partial charge in [0.25, 0.3) is 0 Å². The fourth-order valence-electron chi connectivity index (χ4n) is 4.11. The number of likely N-dealkylation sites (N-methyl/N-ethyl adjacent to an activating group) is 1. The number of hydrazine groups is 1. The number of hydrogen-bond acceptors (Lipinski definition) is 5. The average molecular weight is 510 g/mol. The Morgan fingerprint density at radius 1 is 0.919 bits per heavy atom. The first-order valence-electron chi connectivity index (χ1n) is 13.0. The van der Waals surface area contributed by atoms with Gasteiger partial charge in [-0.1, -0.05) is 81.4 Å². The maximum absolute atomic E-state index is 12.3. The maximum Gasteiger partial charge on any atom is 0.242 e. The van der Waals surface area contributed by atoms with Crippen molar-refractivity contribution in [3.63, 3.8) is 0 Å². The first kappa shape index (κ1) is 30.0. The Bertz CT molecular complexity index is 952. The number of piperazine rings is 1. The van der Waals surface area contributed by atoms with Gasteiger partial charge in [0.15, 0.2) is 0 Å². The van der Waals surface area contributed by atoms with Crippen LogP contribution in [-0.2, 0) is 27.3 Å². The molecule has 37 heavy (non-hydrogen) atoms. The van der Waals surface area contributed by atoms with E-state index in [-0.39, 0.29) is 24.9 Å². The molecular formula is C29H43N5O3. The van der Waals surface area contributed by atoms with Crippen LogP contribution in [0.15, 0.2) is 60.7 Å². The monoisotopic (exact) mass is 509 g/mol. The molecule has 1 atom stereocenters. The van der Waals surface area contributed by atoms with Gasteiger partial charge in [-0.25, -0.2) is 5.01 Å². The SMILES string of the molecule is CC(C)C.CN1CC(=O)N2CC(=O)N(CCCc3ccccc3)CC2N1C=O.CNCc1ccccc1. The molecule has 8 nitrogen and oxygen atoms in total. The van der Waals surface area contributed by atoms with Gasteiger partial charge in [0.1, 0.15) is 12.7 Å². The predicted molar refractivity (Wildman–Crippen MR) is 147 cm³/mol. The van der Waals surface area contributed by atoms with Crippen LogP contribution in [-0.4, -0.2) is 84.5 Å². The molecule has 0 saturated carbocycles. The highest BCUT2D eigenvalue weighted by Gasteiger charge is 2.42. The van der Waals surface area contributed by atoms with E-state index < -0.39 is 6.17 Å². The molecule has 2 aliphatic heterocycles. The minimum Gasteiger partial charge on any atom is -0.337 e. The van der Waals surface area contributed by atoms with E-state index in [1.54, 1.807) is 17.0 Å². The summed E-state index contributed by atoms with van der Waals surface area (Å²) in [5.41, 5.74) is 2.57. The lowest BCUT2D eigenvalue weighted by Crippen LogP contribution is -2.71. The van der Waals surface area contributed by atoms with Gasteiger partial charge < -0.3 is 15.1 Å². The third-order valence-corrected chi connectivity index (χ3v) is 5.85. The van der Waals surface area contributed by atoms with Crippen molar-refractivity contribution in [2.75, 3.05) is 40.3 Å². The first-order valence-corrected chi connectivity index (χ1v) is 13.0. The van der Waals surface area contributed by atoms with E-state index in [0.29, 0.717) is 13.1 Å². The van der Waals surface area contributed by atoms with Crippen molar-refractivity contribution in [3.05, 3.63) is 71.8 Å². The van der Waals surface area contributed by atoms with E-state index in [1.807, 2.05) is 43.4 Å². The highest BCUT2D eigenvalue weighted by atomic mass is 16.2. The second-order valence-electron chi connectivity index (χ2n) is 9.98. The number of amides is 3. The third-order valence-electron chi connectivity index (χ3n) is 5.85. The molecule has 3 amide bonds. The number of rotatable bonds is 7. The molecule has 2 aromatic rings. The number of fused-ring (bicyclic) bond motifs is 1. The Kier molecular flexibility index (Phi) is 12.8. The van der Waals surface area contributed by atoms with Gasteiger partial charge in [-0.15, -0.1) is 0 Å². The number of aryl methyl sites for hydroxylation is 1. The number of nitrogens with zero attached hydrogens (tertiary/aromatic N) is 4. The smallest absolute Gasteiger partial charge is 0.242 e. The zero-order valence-corrected chi connectivity index (χ0v) is 23.0. The summed E-state index contributed by atoms with van der Waals surface area (Å²) >= 11 is 0. The fraction of sp³-hybridized carbons (Fsp3) is 0.483. The average Bonchev–Trinajstić information content (AvgIpc) is 2.87. The molecule has 0 spiro atoms. The van der Waals surface area contributed by atoms with Crippen LogP contribution in [0.1, 0.15) is 38.3 Å². The van der Waals surface area contributed by atoms with E-state index >= 15 is 0 Å². The van der Waals surface area contributed by atoms with Crippen LogP contribution in [0.4, 0.5) is 0 Å². The molecule has 202 valence electrons. The minimum absolute atomic E-state index is 0.0486. The summed E-state index contributed by atoms with van der Waals surface area (Å²) in [6.45, 7) is 8.62. The second-order valence-corrected chi connectivity index (χ2v) is 9.98. The summed E-state index contributed by atoms with van der Waals surface area (Å²) in [6.07, 6.45) is 2.08.